The van der Waals surface area contributed by atoms with Gasteiger partial charge in [-0.05, 0) is 20.3 Å². The normalized spacial score (nSPS) is 32.8. The van der Waals surface area contributed by atoms with Crippen LogP contribution in [0.5, 0.6) is 0 Å². The lowest BCUT2D eigenvalue weighted by atomic mass is 10.3. The monoisotopic (exact) mass is 169 g/mol. The summed E-state index contributed by atoms with van der Waals surface area (Å²) in [6.07, 6.45) is 3.87. The number of ether oxygens (including phenoxy) is 1. The maximum Gasteiger partial charge on any atom is 0.0677 e. The molecule has 0 N–H and O–H groups in total. The SMILES string of the molecule is C=CCN1CCC(C)OC(C)C1. The van der Waals surface area contributed by atoms with Crippen molar-refractivity contribution in [1.82, 2.24) is 4.90 Å². The predicted octanol–water partition coefficient (Wildman–Crippen LogP) is 1.67. The summed E-state index contributed by atoms with van der Waals surface area (Å²) >= 11 is 0. The molecule has 0 aromatic carbocycles. The van der Waals surface area contributed by atoms with Crippen molar-refractivity contribution in [1.29, 1.82) is 0 Å². The summed E-state index contributed by atoms with van der Waals surface area (Å²) in [6, 6.07) is 0. The number of hydrogen-bond acceptors (Lipinski definition) is 2. The van der Waals surface area contributed by atoms with E-state index in [1.807, 2.05) is 6.08 Å². The highest BCUT2D eigenvalue weighted by Gasteiger charge is 2.17. The van der Waals surface area contributed by atoms with Crippen LogP contribution < -0.4 is 0 Å². The summed E-state index contributed by atoms with van der Waals surface area (Å²) in [7, 11) is 0. The maximum atomic E-state index is 5.71. The highest BCUT2D eigenvalue weighted by atomic mass is 16.5. The van der Waals surface area contributed by atoms with E-state index in [4.69, 9.17) is 4.74 Å². The largest absolute Gasteiger partial charge is 0.374 e. The molecule has 1 rings (SSSR count). The molecule has 0 spiro atoms. The highest BCUT2D eigenvalue weighted by Crippen LogP contribution is 2.10. The molecule has 0 radical (unpaired) electrons. The first kappa shape index (κ1) is 9.75. The zero-order valence-corrected chi connectivity index (χ0v) is 8.12. The third-order valence-electron chi connectivity index (χ3n) is 2.22. The van der Waals surface area contributed by atoms with Gasteiger partial charge in [0.25, 0.3) is 0 Å². The summed E-state index contributed by atoms with van der Waals surface area (Å²) in [5.41, 5.74) is 0. The van der Waals surface area contributed by atoms with Crippen molar-refractivity contribution in [2.45, 2.75) is 32.5 Å². The van der Waals surface area contributed by atoms with Crippen molar-refractivity contribution in [3.05, 3.63) is 12.7 Å². The topological polar surface area (TPSA) is 12.5 Å². The fourth-order valence-corrected chi connectivity index (χ4v) is 1.68. The second kappa shape index (κ2) is 4.63. The molecule has 2 atom stereocenters. The average Bonchev–Trinajstić information content (AvgIpc) is 2.13. The quantitative estimate of drug-likeness (QED) is 0.583. The summed E-state index contributed by atoms with van der Waals surface area (Å²) in [6.45, 7) is 11.2. The van der Waals surface area contributed by atoms with Crippen LogP contribution in [0.25, 0.3) is 0 Å². The molecule has 1 fully saturated rings. The van der Waals surface area contributed by atoms with Crippen molar-refractivity contribution < 1.29 is 4.74 Å². The molecule has 12 heavy (non-hydrogen) atoms. The van der Waals surface area contributed by atoms with Gasteiger partial charge < -0.3 is 4.74 Å². The molecular formula is C10H19NO. The molecule has 1 aliphatic heterocycles. The van der Waals surface area contributed by atoms with E-state index in [0.29, 0.717) is 12.2 Å². The van der Waals surface area contributed by atoms with E-state index in [1.165, 1.54) is 0 Å². The van der Waals surface area contributed by atoms with Crippen molar-refractivity contribution in [3.8, 4) is 0 Å². The molecule has 0 aromatic rings. The first-order valence-electron chi connectivity index (χ1n) is 4.71. The van der Waals surface area contributed by atoms with Crippen molar-refractivity contribution in [2.75, 3.05) is 19.6 Å². The van der Waals surface area contributed by atoms with Crippen LogP contribution in [0.2, 0.25) is 0 Å². The van der Waals surface area contributed by atoms with E-state index in [-0.39, 0.29) is 0 Å². The smallest absolute Gasteiger partial charge is 0.0677 e. The third-order valence-corrected chi connectivity index (χ3v) is 2.22. The Kier molecular flexibility index (Phi) is 3.76. The van der Waals surface area contributed by atoms with Gasteiger partial charge in [0, 0.05) is 19.6 Å². The third kappa shape index (κ3) is 2.95. The van der Waals surface area contributed by atoms with Crippen LogP contribution in [0.15, 0.2) is 12.7 Å². The van der Waals surface area contributed by atoms with Crippen LogP contribution in [-0.4, -0.2) is 36.7 Å². The van der Waals surface area contributed by atoms with Gasteiger partial charge >= 0.3 is 0 Å². The van der Waals surface area contributed by atoms with E-state index in [1.54, 1.807) is 0 Å². The van der Waals surface area contributed by atoms with E-state index in [9.17, 15) is 0 Å². The Labute approximate surface area is 75.2 Å². The molecule has 1 heterocycles. The van der Waals surface area contributed by atoms with Gasteiger partial charge in [0.1, 0.15) is 0 Å². The predicted molar refractivity (Wildman–Crippen MR) is 51.3 cm³/mol. The standard InChI is InChI=1S/C10H19NO/c1-4-6-11-7-5-9(2)12-10(3)8-11/h4,9-10H,1,5-8H2,2-3H3. The summed E-state index contributed by atoms with van der Waals surface area (Å²) < 4.78 is 5.71. The van der Waals surface area contributed by atoms with Crippen LogP contribution >= 0.6 is 0 Å². The van der Waals surface area contributed by atoms with Crippen molar-refractivity contribution in [3.63, 3.8) is 0 Å². The molecule has 0 saturated carbocycles. The Morgan fingerprint density at radius 2 is 2.25 bits per heavy atom. The number of nitrogens with zero attached hydrogens (tertiary/aromatic N) is 1. The average molecular weight is 169 g/mol. The van der Waals surface area contributed by atoms with Crippen LogP contribution in [0.3, 0.4) is 0 Å². The van der Waals surface area contributed by atoms with E-state index < -0.39 is 0 Å². The molecule has 2 nitrogen and oxygen atoms in total. The lowest BCUT2D eigenvalue weighted by Crippen LogP contribution is -2.30. The Bertz CT molecular complexity index is 147. The van der Waals surface area contributed by atoms with Gasteiger partial charge in [-0.1, -0.05) is 6.08 Å². The second-order valence-electron chi connectivity index (χ2n) is 3.59. The van der Waals surface area contributed by atoms with E-state index in [2.05, 4.69) is 25.3 Å². The highest BCUT2D eigenvalue weighted by molar-refractivity contribution is 4.77. The van der Waals surface area contributed by atoms with E-state index in [0.717, 1.165) is 26.1 Å². The minimum Gasteiger partial charge on any atom is -0.374 e. The van der Waals surface area contributed by atoms with Crippen LogP contribution in [-0.2, 0) is 4.74 Å². The minimum absolute atomic E-state index is 0.363. The van der Waals surface area contributed by atoms with Crippen molar-refractivity contribution >= 4 is 0 Å². The lowest BCUT2D eigenvalue weighted by Gasteiger charge is -2.19. The summed E-state index contributed by atoms with van der Waals surface area (Å²) in [4.78, 5) is 2.39. The molecule has 0 amide bonds. The second-order valence-corrected chi connectivity index (χ2v) is 3.59. The van der Waals surface area contributed by atoms with Crippen molar-refractivity contribution in [2.24, 2.45) is 0 Å². The van der Waals surface area contributed by atoms with Gasteiger partial charge in [-0.3, -0.25) is 4.90 Å². The molecule has 1 saturated heterocycles. The Morgan fingerprint density at radius 1 is 1.50 bits per heavy atom. The minimum atomic E-state index is 0.363. The maximum absolute atomic E-state index is 5.71. The molecule has 0 aliphatic carbocycles. The zero-order valence-electron chi connectivity index (χ0n) is 8.12. The fourth-order valence-electron chi connectivity index (χ4n) is 1.68. The molecule has 2 unspecified atom stereocenters. The van der Waals surface area contributed by atoms with Crippen LogP contribution in [0.4, 0.5) is 0 Å². The van der Waals surface area contributed by atoms with Crippen LogP contribution in [0.1, 0.15) is 20.3 Å². The summed E-state index contributed by atoms with van der Waals surface area (Å²) in [5, 5.41) is 0. The zero-order chi connectivity index (χ0) is 8.97. The first-order chi connectivity index (χ1) is 5.72. The van der Waals surface area contributed by atoms with Gasteiger partial charge in [-0.25, -0.2) is 0 Å². The van der Waals surface area contributed by atoms with Gasteiger partial charge in [0.15, 0.2) is 0 Å². The molecule has 0 aromatic heterocycles. The Balaban J connectivity index is 2.40. The van der Waals surface area contributed by atoms with Crippen LogP contribution in [0, 0.1) is 0 Å². The van der Waals surface area contributed by atoms with Gasteiger partial charge in [-0.2, -0.15) is 0 Å². The lowest BCUT2D eigenvalue weighted by molar-refractivity contribution is 0.0148. The molecule has 70 valence electrons. The Morgan fingerprint density at radius 3 is 2.92 bits per heavy atom. The Hall–Kier alpha value is -0.340. The first-order valence-corrected chi connectivity index (χ1v) is 4.71. The number of hydrogen-bond donors (Lipinski definition) is 0. The van der Waals surface area contributed by atoms with Gasteiger partial charge in [-0.15, -0.1) is 6.58 Å². The van der Waals surface area contributed by atoms with Gasteiger partial charge in [0.2, 0.25) is 0 Å². The van der Waals surface area contributed by atoms with Gasteiger partial charge in [0.05, 0.1) is 12.2 Å². The molecular weight excluding hydrogens is 150 g/mol. The molecule has 2 heteroatoms. The molecule has 0 bridgehead atoms. The number of rotatable bonds is 2. The fraction of sp³-hybridized carbons (Fsp3) is 0.800. The van der Waals surface area contributed by atoms with E-state index >= 15 is 0 Å². The molecule has 1 aliphatic rings. The summed E-state index contributed by atoms with van der Waals surface area (Å²) in [5.74, 6) is 0.